The van der Waals surface area contributed by atoms with Gasteiger partial charge < -0.3 is 15.5 Å². The van der Waals surface area contributed by atoms with Crippen LogP contribution in [0.25, 0.3) is 0 Å². The van der Waals surface area contributed by atoms with Gasteiger partial charge >= 0.3 is 0 Å². The molecule has 3 heterocycles. The van der Waals surface area contributed by atoms with Crippen LogP contribution in [0.1, 0.15) is 24.0 Å². The molecule has 1 unspecified atom stereocenters. The number of fused-ring (bicyclic) bond motifs is 1. The molecule has 2 N–H and O–H groups in total. The average Bonchev–Trinajstić information content (AvgIpc) is 3.37. The normalized spacial score (nSPS) is 23.1. The largest absolute Gasteiger partial charge is 0.366 e. The van der Waals surface area contributed by atoms with Crippen molar-refractivity contribution in [2.24, 2.45) is 13.0 Å². The monoisotopic (exact) mass is 353 g/mol. The first kappa shape index (κ1) is 17.1. The number of para-hydroxylation sites is 1. The van der Waals surface area contributed by atoms with Crippen LogP contribution in [-0.4, -0.2) is 47.9 Å². The highest BCUT2D eigenvalue weighted by Gasteiger charge is 2.35. The summed E-state index contributed by atoms with van der Waals surface area (Å²) < 4.78 is 1.80. The number of amides is 1. The van der Waals surface area contributed by atoms with Crippen LogP contribution in [0.4, 0.5) is 5.69 Å². The lowest BCUT2D eigenvalue weighted by molar-refractivity contribution is -0.124. The van der Waals surface area contributed by atoms with Gasteiger partial charge in [0.1, 0.15) is 0 Å². The van der Waals surface area contributed by atoms with Crippen molar-refractivity contribution >= 4 is 11.6 Å². The molecular weight excluding hydrogens is 326 g/mol. The maximum Gasteiger partial charge on any atom is 0.225 e. The van der Waals surface area contributed by atoms with Crippen molar-refractivity contribution < 1.29 is 4.79 Å². The van der Waals surface area contributed by atoms with Gasteiger partial charge in [0.2, 0.25) is 5.91 Å². The molecule has 4 rings (SSSR count). The third kappa shape index (κ3) is 3.21. The molecule has 0 bridgehead atoms. The Balaban J connectivity index is 1.36. The van der Waals surface area contributed by atoms with E-state index in [0.29, 0.717) is 6.54 Å². The van der Waals surface area contributed by atoms with Crippen LogP contribution >= 0.6 is 0 Å². The zero-order chi connectivity index (χ0) is 18.1. The molecule has 1 amide bonds. The first-order chi connectivity index (χ1) is 12.6. The minimum Gasteiger partial charge on any atom is -0.366 e. The summed E-state index contributed by atoms with van der Waals surface area (Å²) in [5.74, 6) is 0.312. The van der Waals surface area contributed by atoms with E-state index >= 15 is 0 Å². The highest BCUT2D eigenvalue weighted by atomic mass is 16.1. The number of hydrogen-bond acceptors (Lipinski definition) is 4. The molecule has 6 nitrogen and oxygen atoms in total. The van der Waals surface area contributed by atoms with E-state index in [2.05, 4.69) is 51.8 Å². The topological polar surface area (TPSA) is 62.2 Å². The number of nitrogens with zero attached hydrogens (tertiary/aromatic N) is 3. The SMILES string of the molecule is CC(CNC(=O)[C@H]1CNC[C@@H]1c1cnn(C)c1)N1CCc2ccccc21. The second-order valence-electron chi connectivity index (χ2n) is 7.48. The second-order valence-corrected chi connectivity index (χ2v) is 7.48. The number of aromatic nitrogens is 2. The van der Waals surface area contributed by atoms with Gasteiger partial charge in [-0.2, -0.15) is 5.10 Å². The van der Waals surface area contributed by atoms with Crippen molar-refractivity contribution in [2.75, 3.05) is 31.1 Å². The first-order valence-electron chi connectivity index (χ1n) is 9.45. The van der Waals surface area contributed by atoms with Crippen LogP contribution in [0, 0.1) is 5.92 Å². The second kappa shape index (κ2) is 7.11. The van der Waals surface area contributed by atoms with E-state index in [1.807, 2.05) is 19.4 Å². The number of nitrogens with one attached hydrogen (secondary N) is 2. The van der Waals surface area contributed by atoms with Gasteiger partial charge in [-0.05, 0) is 30.5 Å². The number of benzene rings is 1. The Morgan fingerprint density at radius 3 is 3.04 bits per heavy atom. The Labute approximate surface area is 154 Å². The summed E-state index contributed by atoms with van der Waals surface area (Å²) in [6.45, 7) is 5.45. The smallest absolute Gasteiger partial charge is 0.225 e. The number of carbonyl (C=O) groups excluding carboxylic acids is 1. The molecule has 3 atom stereocenters. The Morgan fingerprint density at radius 2 is 2.23 bits per heavy atom. The molecule has 2 aromatic rings. The number of anilines is 1. The molecule has 1 saturated heterocycles. The lowest BCUT2D eigenvalue weighted by Gasteiger charge is -2.28. The van der Waals surface area contributed by atoms with Crippen LogP contribution in [0.15, 0.2) is 36.7 Å². The molecule has 0 aliphatic carbocycles. The molecule has 26 heavy (non-hydrogen) atoms. The first-order valence-corrected chi connectivity index (χ1v) is 9.45. The van der Waals surface area contributed by atoms with Gasteiger partial charge in [0, 0.05) is 57.1 Å². The summed E-state index contributed by atoms with van der Waals surface area (Å²) in [4.78, 5) is 15.2. The number of carbonyl (C=O) groups is 1. The van der Waals surface area contributed by atoms with Gasteiger partial charge in [0.15, 0.2) is 0 Å². The van der Waals surface area contributed by atoms with Gasteiger partial charge in [-0.15, -0.1) is 0 Å². The van der Waals surface area contributed by atoms with E-state index in [1.54, 1.807) is 4.68 Å². The minimum atomic E-state index is -0.0303. The Morgan fingerprint density at radius 1 is 1.38 bits per heavy atom. The maximum atomic E-state index is 12.8. The predicted molar refractivity (Wildman–Crippen MR) is 102 cm³/mol. The van der Waals surface area contributed by atoms with Crippen LogP contribution in [-0.2, 0) is 18.3 Å². The zero-order valence-electron chi connectivity index (χ0n) is 15.5. The molecule has 6 heteroatoms. The third-order valence-electron chi connectivity index (χ3n) is 5.73. The van der Waals surface area contributed by atoms with Gasteiger partial charge in [-0.3, -0.25) is 9.48 Å². The van der Waals surface area contributed by atoms with E-state index in [9.17, 15) is 4.79 Å². The summed E-state index contributed by atoms with van der Waals surface area (Å²) in [6, 6.07) is 8.85. The summed E-state index contributed by atoms with van der Waals surface area (Å²) in [7, 11) is 1.91. The number of hydrogen-bond donors (Lipinski definition) is 2. The van der Waals surface area contributed by atoms with Crippen molar-refractivity contribution in [3.8, 4) is 0 Å². The van der Waals surface area contributed by atoms with E-state index < -0.39 is 0 Å². The molecule has 1 fully saturated rings. The van der Waals surface area contributed by atoms with Crippen molar-refractivity contribution in [1.82, 2.24) is 20.4 Å². The summed E-state index contributed by atoms with van der Waals surface area (Å²) >= 11 is 0. The van der Waals surface area contributed by atoms with Crippen molar-refractivity contribution in [3.63, 3.8) is 0 Å². The molecule has 138 valence electrons. The Bertz CT molecular complexity index is 786. The van der Waals surface area contributed by atoms with Gasteiger partial charge in [0.25, 0.3) is 0 Å². The van der Waals surface area contributed by atoms with E-state index in [1.165, 1.54) is 11.3 Å². The highest BCUT2D eigenvalue weighted by molar-refractivity contribution is 5.80. The molecule has 2 aliphatic heterocycles. The van der Waals surface area contributed by atoms with E-state index in [-0.39, 0.29) is 23.8 Å². The van der Waals surface area contributed by atoms with Gasteiger partial charge in [-0.25, -0.2) is 0 Å². The third-order valence-corrected chi connectivity index (χ3v) is 5.73. The molecule has 1 aromatic carbocycles. The molecule has 1 aromatic heterocycles. The average molecular weight is 353 g/mol. The van der Waals surface area contributed by atoms with Gasteiger partial charge in [-0.1, -0.05) is 18.2 Å². The van der Waals surface area contributed by atoms with Crippen molar-refractivity contribution in [2.45, 2.75) is 25.3 Å². The standard InChI is InChI=1S/C20H27N5O/c1-14(25-8-7-15-5-3-4-6-19(15)25)9-22-20(26)18-12-21-11-17(18)16-10-23-24(2)13-16/h3-6,10,13-14,17-18,21H,7-9,11-12H2,1-2H3,(H,22,26)/t14?,17-,18+/m1/s1. The molecular formula is C20H27N5O. The predicted octanol–water partition coefficient (Wildman–Crippen LogP) is 1.29. The fourth-order valence-corrected chi connectivity index (χ4v) is 4.25. The summed E-state index contributed by atoms with van der Waals surface area (Å²) in [5.41, 5.74) is 3.85. The Hall–Kier alpha value is -2.34. The fraction of sp³-hybridized carbons (Fsp3) is 0.500. The van der Waals surface area contributed by atoms with E-state index in [0.717, 1.165) is 31.6 Å². The van der Waals surface area contributed by atoms with Crippen molar-refractivity contribution in [3.05, 3.63) is 47.8 Å². The number of rotatable bonds is 5. The zero-order valence-corrected chi connectivity index (χ0v) is 15.5. The molecule has 0 spiro atoms. The summed E-state index contributed by atoms with van der Waals surface area (Å²) in [6.07, 6.45) is 4.98. The molecule has 0 radical (unpaired) electrons. The van der Waals surface area contributed by atoms with Crippen LogP contribution < -0.4 is 15.5 Å². The molecule has 0 saturated carbocycles. The molecule has 2 aliphatic rings. The number of aryl methyl sites for hydroxylation is 1. The lowest BCUT2D eigenvalue weighted by atomic mass is 9.90. The quantitative estimate of drug-likeness (QED) is 0.850. The highest BCUT2D eigenvalue weighted by Crippen LogP contribution is 2.30. The van der Waals surface area contributed by atoms with Crippen LogP contribution in [0.3, 0.4) is 0 Å². The van der Waals surface area contributed by atoms with Crippen LogP contribution in [0.2, 0.25) is 0 Å². The van der Waals surface area contributed by atoms with Crippen molar-refractivity contribution in [1.29, 1.82) is 0 Å². The maximum absolute atomic E-state index is 12.8. The fourth-order valence-electron chi connectivity index (χ4n) is 4.25. The van der Waals surface area contributed by atoms with Gasteiger partial charge in [0.05, 0.1) is 12.1 Å². The minimum absolute atomic E-state index is 0.0303. The lowest BCUT2D eigenvalue weighted by Crippen LogP contribution is -2.44. The summed E-state index contributed by atoms with van der Waals surface area (Å²) in [5, 5.41) is 10.8. The Kier molecular flexibility index (Phi) is 4.68. The van der Waals surface area contributed by atoms with E-state index in [4.69, 9.17) is 0 Å². The van der Waals surface area contributed by atoms with Crippen LogP contribution in [0.5, 0.6) is 0 Å².